The first-order valence-electron chi connectivity index (χ1n) is 7.72. The van der Waals surface area contributed by atoms with Gasteiger partial charge in [-0.1, -0.05) is 6.92 Å². The Hall–Kier alpha value is -0.690. The lowest BCUT2D eigenvalue weighted by molar-refractivity contribution is -0.134. The summed E-state index contributed by atoms with van der Waals surface area (Å²) in [5.41, 5.74) is 0. The molecule has 0 aliphatic carbocycles. The summed E-state index contributed by atoms with van der Waals surface area (Å²) in [6, 6.07) is 0. The largest absolute Gasteiger partial charge is 0.379 e. The number of carbonyl (C=O) groups excluding carboxylic acids is 1. The van der Waals surface area contributed by atoms with Gasteiger partial charge in [-0.3, -0.25) is 14.6 Å². The number of morpholine rings is 2. The van der Waals surface area contributed by atoms with Crippen LogP contribution in [0, 0.1) is 0 Å². The maximum atomic E-state index is 11.4. The monoisotopic (exact) mass is 285 g/mol. The Morgan fingerprint density at radius 3 is 2.80 bits per heavy atom. The Kier molecular flexibility index (Phi) is 6.72. The Bertz CT molecular complexity index is 295. The maximum Gasteiger partial charge on any atom is 0.220 e. The molecule has 2 aliphatic heterocycles. The van der Waals surface area contributed by atoms with Crippen LogP contribution in [-0.2, 0) is 14.3 Å². The van der Waals surface area contributed by atoms with Crippen molar-refractivity contribution in [1.82, 2.24) is 15.1 Å². The van der Waals surface area contributed by atoms with Crippen molar-refractivity contribution in [3.8, 4) is 0 Å². The molecule has 1 N–H and O–H groups in total. The quantitative estimate of drug-likeness (QED) is 0.738. The van der Waals surface area contributed by atoms with Crippen LogP contribution in [0.25, 0.3) is 0 Å². The Morgan fingerprint density at radius 2 is 2.05 bits per heavy atom. The van der Waals surface area contributed by atoms with E-state index in [1.165, 1.54) is 0 Å². The summed E-state index contributed by atoms with van der Waals surface area (Å²) in [5, 5.41) is 2.97. The number of rotatable bonds is 6. The molecule has 0 radical (unpaired) electrons. The van der Waals surface area contributed by atoms with Crippen LogP contribution in [0.1, 0.15) is 19.8 Å². The first-order valence-corrected chi connectivity index (χ1v) is 7.72. The lowest BCUT2D eigenvalue weighted by atomic mass is 10.3. The Labute approximate surface area is 121 Å². The maximum absolute atomic E-state index is 11.4. The summed E-state index contributed by atoms with van der Waals surface area (Å²) in [7, 11) is 0. The van der Waals surface area contributed by atoms with Gasteiger partial charge in [0.1, 0.15) is 6.23 Å². The molecule has 2 aliphatic rings. The molecule has 0 spiro atoms. The average molecular weight is 285 g/mol. The first kappa shape index (κ1) is 15.7. The standard InChI is InChI=1S/C14H27N3O3/c1-2-3-13(18)15-4-5-16-6-11-20-14(12-16)17-7-9-19-10-8-17/h14H,2-12H2,1H3,(H,15,18). The lowest BCUT2D eigenvalue weighted by Crippen LogP contribution is -2.54. The molecule has 1 atom stereocenters. The van der Waals surface area contributed by atoms with E-state index in [0.717, 1.165) is 65.5 Å². The number of nitrogens with one attached hydrogen (secondary N) is 1. The molecular formula is C14H27N3O3. The van der Waals surface area contributed by atoms with E-state index in [4.69, 9.17) is 9.47 Å². The third-order valence-corrected chi connectivity index (χ3v) is 3.81. The van der Waals surface area contributed by atoms with E-state index in [0.29, 0.717) is 6.42 Å². The summed E-state index contributed by atoms with van der Waals surface area (Å²) < 4.78 is 11.2. The highest BCUT2D eigenvalue weighted by molar-refractivity contribution is 5.75. The van der Waals surface area contributed by atoms with E-state index >= 15 is 0 Å². The minimum absolute atomic E-state index is 0.158. The van der Waals surface area contributed by atoms with Crippen LogP contribution in [0.5, 0.6) is 0 Å². The van der Waals surface area contributed by atoms with Crippen LogP contribution in [0.2, 0.25) is 0 Å². The number of hydrogen-bond donors (Lipinski definition) is 1. The molecule has 116 valence electrons. The predicted octanol–water partition coefficient (Wildman–Crippen LogP) is -0.107. The molecule has 1 unspecified atom stereocenters. The summed E-state index contributed by atoms with van der Waals surface area (Å²) in [4.78, 5) is 16.1. The van der Waals surface area contributed by atoms with Gasteiger partial charge in [-0.25, -0.2) is 0 Å². The molecule has 0 aromatic rings. The van der Waals surface area contributed by atoms with Crippen molar-refractivity contribution < 1.29 is 14.3 Å². The minimum atomic E-state index is 0.158. The van der Waals surface area contributed by atoms with E-state index in [2.05, 4.69) is 15.1 Å². The molecule has 0 aromatic carbocycles. The van der Waals surface area contributed by atoms with E-state index in [9.17, 15) is 4.79 Å². The second kappa shape index (κ2) is 8.56. The van der Waals surface area contributed by atoms with Gasteiger partial charge in [-0.2, -0.15) is 0 Å². The third-order valence-electron chi connectivity index (χ3n) is 3.81. The van der Waals surface area contributed by atoms with Gasteiger partial charge in [-0.15, -0.1) is 0 Å². The summed E-state index contributed by atoms with van der Waals surface area (Å²) >= 11 is 0. The van der Waals surface area contributed by atoms with Gasteiger partial charge in [0.25, 0.3) is 0 Å². The average Bonchev–Trinajstić information content (AvgIpc) is 2.49. The van der Waals surface area contributed by atoms with Crippen molar-refractivity contribution in [2.75, 3.05) is 59.1 Å². The van der Waals surface area contributed by atoms with E-state index < -0.39 is 0 Å². The smallest absolute Gasteiger partial charge is 0.220 e. The highest BCUT2D eigenvalue weighted by Crippen LogP contribution is 2.11. The predicted molar refractivity (Wildman–Crippen MR) is 76.5 cm³/mol. The van der Waals surface area contributed by atoms with Gasteiger partial charge < -0.3 is 14.8 Å². The lowest BCUT2D eigenvalue weighted by Gasteiger charge is -2.40. The van der Waals surface area contributed by atoms with Gasteiger partial charge in [0.2, 0.25) is 5.91 Å². The van der Waals surface area contributed by atoms with Crippen molar-refractivity contribution in [3.63, 3.8) is 0 Å². The molecule has 2 rings (SSSR count). The molecule has 0 bridgehead atoms. The van der Waals surface area contributed by atoms with Gasteiger partial charge in [-0.05, 0) is 6.42 Å². The van der Waals surface area contributed by atoms with Crippen molar-refractivity contribution >= 4 is 5.91 Å². The van der Waals surface area contributed by atoms with E-state index in [1.54, 1.807) is 0 Å². The first-order chi connectivity index (χ1) is 9.79. The topological polar surface area (TPSA) is 54.0 Å². The summed E-state index contributed by atoms with van der Waals surface area (Å²) in [6.07, 6.45) is 1.71. The molecular weight excluding hydrogens is 258 g/mol. The van der Waals surface area contributed by atoms with E-state index in [-0.39, 0.29) is 12.1 Å². The SMILES string of the molecule is CCCC(=O)NCCN1CCOC(N2CCOCC2)C1. The zero-order valence-electron chi connectivity index (χ0n) is 12.5. The third kappa shape index (κ3) is 5.01. The summed E-state index contributed by atoms with van der Waals surface area (Å²) in [5.74, 6) is 0.158. The van der Waals surface area contributed by atoms with Crippen LogP contribution < -0.4 is 5.32 Å². The molecule has 2 heterocycles. The van der Waals surface area contributed by atoms with Gasteiger partial charge in [0, 0.05) is 45.7 Å². The van der Waals surface area contributed by atoms with Crippen LogP contribution in [0.4, 0.5) is 0 Å². The number of hydrogen-bond acceptors (Lipinski definition) is 5. The molecule has 2 fully saturated rings. The zero-order chi connectivity index (χ0) is 14.2. The number of carbonyl (C=O) groups is 1. The number of nitrogens with zero attached hydrogens (tertiary/aromatic N) is 2. The highest BCUT2D eigenvalue weighted by Gasteiger charge is 2.26. The van der Waals surface area contributed by atoms with Crippen LogP contribution in [0.3, 0.4) is 0 Å². The van der Waals surface area contributed by atoms with Crippen LogP contribution >= 0.6 is 0 Å². The van der Waals surface area contributed by atoms with E-state index in [1.807, 2.05) is 6.92 Å². The Balaban J connectivity index is 1.66. The summed E-state index contributed by atoms with van der Waals surface area (Å²) in [6.45, 7) is 9.79. The van der Waals surface area contributed by atoms with Gasteiger partial charge in [0.15, 0.2) is 0 Å². The number of ether oxygens (including phenoxy) is 2. The van der Waals surface area contributed by atoms with Gasteiger partial charge in [0.05, 0.1) is 19.8 Å². The molecule has 0 aromatic heterocycles. The molecule has 2 saturated heterocycles. The van der Waals surface area contributed by atoms with Crippen molar-refractivity contribution in [1.29, 1.82) is 0 Å². The normalized spacial score (nSPS) is 25.6. The zero-order valence-corrected chi connectivity index (χ0v) is 12.5. The molecule has 1 amide bonds. The fourth-order valence-electron chi connectivity index (χ4n) is 2.64. The Morgan fingerprint density at radius 1 is 1.25 bits per heavy atom. The van der Waals surface area contributed by atoms with Crippen molar-refractivity contribution in [2.24, 2.45) is 0 Å². The second-order valence-electron chi connectivity index (χ2n) is 5.37. The van der Waals surface area contributed by atoms with Gasteiger partial charge >= 0.3 is 0 Å². The van der Waals surface area contributed by atoms with Crippen LogP contribution in [0.15, 0.2) is 0 Å². The minimum Gasteiger partial charge on any atom is -0.379 e. The second-order valence-corrected chi connectivity index (χ2v) is 5.37. The highest BCUT2D eigenvalue weighted by atomic mass is 16.5. The molecule has 20 heavy (non-hydrogen) atoms. The molecule has 6 heteroatoms. The van der Waals surface area contributed by atoms with Crippen molar-refractivity contribution in [2.45, 2.75) is 26.0 Å². The molecule has 0 saturated carbocycles. The number of amides is 1. The van der Waals surface area contributed by atoms with Crippen LogP contribution in [-0.4, -0.2) is 81.0 Å². The fraction of sp³-hybridized carbons (Fsp3) is 0.929. The van der Waals surface area contributed by atoms with Crippen molar-refractivity contribution in [3.05, 3.63) is 0 Å². The fourth-order valence-corrected chi connectivity index (χ4v) is 2.64. The molecule has 6 nitrogen and oxygen atoms in total.